The van der Waals surface area contributed by atoms with E-state index >= 15 is 0 Å². The Bertz CT molecular complexity index is 613. The van der Waals surface area contributed by atoms with Crippen LogP contribution < -0.4 is 5.73 Å². The van der Waals surface area contributed by atoms with Crippen molar-refractivity contribution in [2.24, 2.45) is 5.41 Å². The van der Waals surface area contributed by atoms with E-state index in [1.807, 2.05) is 6.92 Å². The lowest BCUT2D eigenvalue weighted by Gasteiger charge is -2.38. The van der Waals surface area contributed by atoms with Crippen LogP contribution in [0.3, 0.4) is 0 Å². The fraction of sp³-hybridized carbons (Fsp3) is 0.625. The Morgan fingerprint density at radius 3 is 2.38 bits per heavy atom. The maximum Gasteiger partial charge on any atom is 0.243 e. The van der Waals surface area contributed by atoms with Crippen LogP contribution in [0.1, 0.15) is 45.1 Å². The van der Waals surface area contributed by atoms with Gasteiger partial charge in [0.2, 0.25) is 10.0 Å². The molecule has 0 aliphatic heterocycles. The quantitative estimate of drug-likeness (QED) is 0.872. The van der Waals surface area contributed by atoms with Gasteiger partial charge in [0.05, 0.1) is 4.90 Å². The second-order valence-electron chi connectivity index (χ2n) is 6.94. The predicted octanol–water partition coefficient (Wildman–Crippen LogP) is 3.17. The lowest BCUT2D eigenvalue weighted by molar-refractivity contribution is 0.174. The maximum atomic E-state index is 12.8. The Hall–Kier alpha value is -1.07. The van der Waals surface area contributed by atoms with E-state index in [2.05, 4.69) is 13.8 Å². The zero-order chi connectivity index (χ0) is 15.8. The molecule has 1 aromatic carbocycles. The fourth-order valence-electron chi connectivity index (χ4n) is 2.99. The summed E-state index contributed by atoms with van der Waals surface area (Å²) in [5.74, 6) is 0. The molecule has 4 nitrogen and oxygen atoms in total. The number of nitrogen functional groups attached to an aromatic ring is 1. The van der Waals surface area contributed by atoms with Gasteiger partial charge in [0.1, 0.15) is 0 Å². The highest BCUT2D eigenvalue weighted by Crippen LogP contribution is 2.38. The third kappa shape index (κ3) is 3.40. The van der Waals surface area contributed by atoms with Crippen molar-refractivity contribution in [2.45, 2.75) is 57.4 Å². The number of hydrogen-bond donors (Lipinski definition) is 1. The number of sulfonamides is 1. The molecule has 0 bridgehead atoms. The molecule has 1 aliphatic rings. The van der Waals surface area contributed by atoms with Gasteiger partial charge in [0, 0.05) is 18.8 Å². The van der Waals surface area contributed by atoms with Crippen molar-refractivity contribution in [1.82, 2.24) is 4.31 Å². The molecule has 0 aromatic heterocycles. The minimum Gasteiger partial charge on any atom is -0.399 e. The number of aryl methyl sites for hydroxylation is 1. The minimum atomic E-state index is -3.48. The zero-order valence-electron chi connectivity index (χ0n) is 13.4. The summed E-state index contributed by atoms with van der Waals surface area (Å²) in [6.07, 6.45) is 3.97. The van der Waals surface area contributed by atoms with E-state index < -0.39 is 10.0 Å². The van der Waals surface area contributed by atoms with E-state index in [0.29, 0.717) is 16.0 Å². The Labute approximate surface area is 128 Å². The van der Waals surface area contributed by atoms with E-state index in [9.17, 15) is 8.42 Å². The molecular formula is C16H26N2O2S. The van der Waals surface area contributed by atoms with Crippen LogP contribution >= 0.6 is 0 Å². The van der Waals surface area contributed by atoms with Gasteiger partial charge in [-0.05, 0) is 55.7 Å². The van der Waals surface area contributed by atoms with E-state index in [4.69, 9.17) is 5.73 Å². The standard InChI is InChI=1S/C16H26N2O2S/c1-12-5-6-13(17)11-15(12)21(19,20)18(4)14-7-9-16(2,3)10-8-14/h5-6,11,14H,7-10,17H2,1-4H3. The van der Waals surface area contributed by atoms with Crippen LogP contribution in [0.5, 0.6) is 0 Å². The van der Waals surface area contributed by atoms with Crippen molar-refractivity contribution < 1.29 is 8.42 Å². The van der Waals surface area contributed by atoms with Crippen LogP contribution in [-0.4, -0.2) is 25.8 Å². The number of hydrogen-bond acceptors (Lipinski definition) is 3. The Balaban J connectivity index is 2.25. The van der Waals surface area contributed by atoms with Crippen molar-refractivity contribution in [2.75, 3.05) is 12.8 Å². The third-order valence-electron chi connectivity index (χ3n) is 4.69. The lowest BCUT2D eigenvalue weighted by atomic mass is 9.76. The third-order valence-corrected chi connectivity index (χ3v) is 6.74. The smallest absolute Gasteiger partial charge is 0.243 e. The van der Waals surface area contributed by atoms with Crippen LogP contribution in [0.25, 0.3) is 0 Å². The van der Waals surface area contributed by atoms with Gasteiger partial charge in [-0.3, -0.25) is 0 Å². The van der Waals surface area contributed by atoms with Crippen molar-refractivity contribution in [1.29, 1.82) is 0 Å². The lowest BCUT2D eigenvalue weighted by Crippen LogP contribution is -2.41. The van der Waals surface area contributed by atoms with Crippen LogP contribution in [-0.2, 0) is 10.0 Å². The second kappa shape index (κ2) is 5.61. The molecule has 1 aromatic rings. The van der Waals surface area contributed by atoms with E-state index in [1.54, 1.807) is 29.6 Å². The van der Waals surface area contributed by atoms with E-state index in [0.717, 1.165) is 31.2 Å². The van der Waals surface area contributed by atoms with Crippen LogP contribution in [0.15, 0.2) is 23.1 Å². The average Bonchev–Trinajstić information content (AvgIpc) is 2.40. The van der Waals surface area contributed by atoms with Crippen LogP contribution in [0, 0.1) is 12.3 Å². The van der Waals surface area contributed by atoms with E-state index in [1.165, 1.54) is 0 Å². The first kappa shape index (κ1) is 16.3. The molecular weight excluding hydrogens is 284 g/mol. The molecule has 118 valence electrons. The minimum absolute atomic E-state index is 0.0869. The number of nitrogens with zero attached hydrogens (tertiary/aromatic N) is 1. The molecule has 0 heterocycles. The van der Waals surface area contributed by atoms with Gasteiger partial charge < -0.3 is 5.73 Å². The molecule has 2 rings (SSSR count). The number of benzene rings is 1. The highest BCUT2D eigenvalue weighted by atomic mass is 32.2. The van der Waals surface area contributed by atoms with Gasteiger partial charge in [-0.1, -0.05) is 19.9 Å². The second-order valence-corrected chi connectivity index (χ2v) is 8.91. The molecule has 0 saturated heterocycles. The van der Waals surface area contributed by atoms with Crippen molar-refractivity contribution in [3.8, 4) is 0 Å². The Morgan fingerprint density at radius 2 is 1.81 bits per heavy atom. The van der Waals surface area contributed by atoms with Gasteiger partial charge >= 0.3 is 0 Å². The summed E-state index contributed by atoms with van der Waals surface area (Å²) in [5, 5.41) is 0. The van der Waals surface area contributed by atoms with E-state index in [-0.39, 0.29) is 6.04 Å². The first-order chi connectivity index (χ1) is 9.63. The van der Waals surface area contributed by atoms with Crippen LogP contribution in [0.2, 0.25) is 0 Å². The average molecular weight is 310 g/mol. The van der Waals surface area contributed by atoms with Gasteiger partial charge in [0.15, 0.2) is 0 Å². The molecule has 0 unspecified atom stereocenters. The van der Waals surface area contributed by atoms with Gasteiger partial charge in [0.25, 0.3) is 0 Å². The fourth-order valence-corrected chi connectivity index (χ4v) is 4.67. The summed E-state index contributed by atoms with van der Waals surface area (Å²) in [6.45, 7) is 6.31. The maximum absolute atomic E-state index is 12.8. The molecule has 1 fully saturated rings. The number of nitrogens with two attached hydrogens (primary N) is 1. The topological polar surface area (TPSA) is 63.4 Å². The number of anilines is 1. The molecule has 0 amide bonds. The summed E-state index contributed by atoms with van der Waals surface area (Å²) in [4.78, 5) is 0.329. The normalized spacial score (nSPS) is 19.9. The molecule has 0 atom stereocenters. The van der Waals surface area contributed by atoms with Gasteiger partial charge in [-0.15, -0.1) is 0 Å². The first-order valence-electron chi connectivity index (χ1n) is 7.48. The highest BCUT2D eigenvalue weighted by molar-refractivity contribution is 7.89. The molecule has 0 radical (unpaired) electrons. The molecule has 2 N–H and O–H groups in total. The summed E-state index contributed by atoms with van der Waals surface area (Å²) in [7, 11) is -1.78. The monoisotopic (exact) mass is 310 g/mol. The molecule has 21 heavy (non-hydrogen) atoms. The predicted molar refractivity (Wildman–Crippen MR) is 86.6 cm³/mol. The summed E-state index contributed by atoms with van der Waals surface area (Å²) in [5.41, 5.74) is 7.31. The summed E-state index contributed by atoms with van der Waals surface area (Å²) >= 11 is 0. The summed E-state index contributed by atoms with van der Waals surface area (Å²) in [6, 6.07) is 5.15. The van der Waals surface area contributed by atoms with Crippen molar-refractivity contribution in [3.05, 3.63) is 23.8 Å². The Kier molecular flexibility index (Phi) is 4.36. The highest BCUT2D eigenvalue weighted by Gasteiger charge is 2.34. The van der Waals surface area contributed by atoms with Gasteiger partial charge in [-0.2, -0.15) is 4.31 Å². The van der Waals surface area contributed by atoms with Gasteiger partial charge in [-0.25, -0.2) is 8.42 Å². The Morgan fingerprint density at radius 1 is 1.24 bits per heavy atom. The number of rotatable bonds is 3. The molecule has 1 aliphatic carbocycles. The largest absolute Gasteiger partial charge is 0.399 e. The van der Waals surface area contributed by atoms with Crippen molar-refractivity contribution in [3.63, 3.8) is 0 Å². The van der Waals surface area contributed by atoms with Crippen LogP contribution in [0.4, 0.5) is 5.69 Å². The SMILES string of the molecule is Cc1ccc(N)cc1S(=O)(=O)N(C)C1CCC(C)(C)CC1. The first-order valence-corrected chi connectivity index (χ1v) is 8.92. The summed E-state index contributed by atoms with van der Waals surface area (Å²) < 4.78 is 27.2. The molecule has 1 saturated carbocycles. The molecule has 0 spiro atoms. The zero-order valence-corrected chi connectivity index (χ0v) is 14.2. The molecule has 5 heteroatoms. The van der Waals surface area contributed by atoms with Crippen molar-refractivity contribution >= 4 is 15.7 Å².